The molecule has 1 aliphatic heterocycles. The summed E-state index contributed by atoms with van der Waals surface area (Å²) in [6.45, 7) is 2.34. The summed E-state index contributed by atoms with van der Waals surface area (Å²) in [5.74, 6) is 0.0695. The molecule has 1 heterocycles. The van der Waals surface area contributed by atoms with Crippen molar-refractivity contribution in [3.05, 3.63) is 53.1 Å². The fraction of sp³-hybridized carbons (Fsp3) is 0.188. The summed E-state index contributed by atoms with van der Waals surface area (Å²) in [7, 11) is 0. The van der Waals surface area contributed by atoms with Crippen molar-refractivity contribution in [2.45, 2.75) is 13.3 Å². The normalized spacial score (nSPS) is 13.5. The van der Waals surface area contributed by atoms with Crippen molar-refractivity contribution >= 4 is 23.2 Å². The Balaban J connectivity index is 2.18. The molecule has 0 spiro atoms. The van der Waals surface area contributed by atoms with E-state index in [-0.39, 0.29) is 5.91 Å². The molecule has 3 rings (SSSR count). The Morgan fingerprint density at radius 1 is 1.21 bits per heavy atom. The minimum atomic E-state index is 0.0695. The predicted molar refractivity (Wildman–Crippen MR) is 78.6 cm³/mol. The highest BCUT2D eigenvalue weighted by atomic mass is 35.5. The zero-order valence-electron chi connectivity index (χ0n) is 10.7. The molecule has 96 valence electrons. The van der Waals surface area contributed by atoms with Gasteiger partial charge in [-0.3, -0.25) is 4.79 Å². The largest absolute Gasteiger partial charge is 0.312 e. The standard InChI is InChI=1S/C16H14ClNO/c1-11(19)18-8-7-14-15(9-13(17)10-16(14)18)12-5-3-2-4-6-12/h2-6,9-10H,7-8H2,1H3. The third-order valence-electron chi connectivity index (χ3n) is 3.53. The zero-order chi connectivity index (χ0) is 13.4. The summed E-state index contributed by atoms with van der Waals surface area (Å²) >= 11 is 6.21. The molecule has 0 aliphatic carbocycles. The van der Waals surface area contributed by atoms with Crippen LogP contribution in [0.4, 0.5) is 5.69 Å². The van der Waals surface area contributed by atoms with E-state index >= 15 is 0 Å². The van der Waals surface area contributed by atoms with E-state index in [1.165, 1.54) is 5.56 Å². The molecule has 1 aliphatic rings. The van der Waals surface area contributed by atoms with Crippen LogP contribution in [0.15, 0.2) is 42.5 Å². The molecule has 0 unspecified atom stereocenters. The molecule has 0 radical (unpaired) electrons. The zero-order valence-corrected chi connectivity index (χ0v) is 11.4. The molecule has 0 N–H and O–H groups in total. The number of carbonyl (C=O) groups excluding carboxylic acids is 1. The van der Waals surface area contributed by atoms with Crippen LogP contribution >= 0.6 is 11.6 Å². The van der Waals surface area contributed by atoms with Crippen LogP contribution < -0.4 is 4.90 Å². The third-order valence-corrected chi connectivity index (χ3v) is 3.75. The first kappa shape index (κ1) is 12.2. The van der Waals surface area contributed by atoms with Gasteiger partial charge in [0.05, 0.1) is 0 Å². The monoisotopic (exact) mass is 271 g/mol. The molecule has 0 fully saturated rings. The predicted octanol–water partition coefficient (Wildman–Crippen LogP) is 3.92. The lowest BCUT2D eigenvalue weighted by Gasteiger charge is -2.16. The first-order chi connectivity index (χ1) is 9.16. The second-order valence-electron chi connectivity index (χ2n) is 4.74. The molecule has 1 amide bonds. The molecule has 0 atom stereocenters. The molecule has 0 saturated heterocycles. The average Bonchev–Trinajstić information content (AvgIpc) is 2.82. The molecule has 0 saturated carbocycles. The highest BCUT2D eigenvalue weighted by Gasteiger charge is 2.25. The Kier molecular flexibility index (Phi) is 3.03. The van der Waals surface area contributed by atoms with Crippen molar-refractivity contribution < 1.29 is 4.79 Å². The van der Waals surface area contributed by atoms with Gasteiger partial charge < -0.3 is 4.90 Å². The van der Waals surface area contributed by atoms with Crippen LogP contribution in [0.5, 0.6) is 0 Å². The molecule has 2 aromatic rings. The lowest BCUT2D eigenvalue weighted by atomic mass is 9.98. The quantitative estimate of drug-likeness (QED) is 0.770. The van der Waals surface area contributed by atoms with Crippen molar-refractivity contribution in [2.75, 3.05) is 11.4 Å². The maximum Gasteiger partial charge on any atom is 0.223 e. The average molecular weight is 272 g/mol. The molecule has 2 aromatic carbocycles. The van der Waals surface area contributed by atoms with Gasteiger partial charge in [0.25, 0.3) is 0 Å². The van der Waals surface area contributed by atoms with Crippen LogP contribution in [-0.4, -0.2) is 12.5 Å². The van der Waals surface area contributed by atoms with E-state index in [2.05, 4.69) is 12.1 Å². The highest BCUT2D eigenvalue weighted by Crippen LogP contribution is 2.38. The fourth-order valence-electron chi connectivity index (χ4n) is 2.67. The van der Waals surface area contributed by atoms with Crippen LogP contribution in [0.2, 0.25) is 5.02 Å². The minimum Gasteiger partial charge on any atom is -0.312 e. The number of rotatable bonds is 1. The number of amides is 1. The fourth-order valence-corrected chi connectivity index (χ4v) is 2.88. The molecule has 2 nitrogen and oxygen atoms in total. The summed E-state index contributed by atoms with van der Waals surface area (Å²) in [4.78, 5) is 13.4. The Morgan fingerprint density at radius 2 is 1.95 bits per heavy atom. The van der Waals surface area contributed by atoms with E-state index in [0.29, 0.717) is 5.02 Å². The van der Waals surface area contributed by atoms with Gasteiger partial charge in [-0.15, -0.1) is 0 Å². The van der Waals surface area contributed by atoms with Crippen LogP contribution in [0, 0.1) is 0 Å². The van der Waals surface area contributed by atoms with Crippen molar-refractivity contribution in [1.29, 1.82) is 0 Å². The lowest BCUT2D eigenvalue weighted by Crippen LogP contribution is -2.25. The Hall–Kier alpha value is -1.80. The van der Waals surface area contributed by atoms with Crippen LogP contribution in [-0.2, 0) is 11.2 Å². The molecule has 0 aromatic heterocycles. The number of fused-ring (bicyclic) bond motifs is 1. The number of hydrogen-bond donors (Lipinski definition) is 0. The van der Waals surface area contributed by atoms with Crippen molar-refractivity contribution in [1.82, 2.24) is 0 Å². The van der Waals surface area contributed by atoms with E-state index in [1.807, 2.05) is 30.3 Å². The van der Waals surface area contributed by atoms with E-state index in [4.69, 9.17) is 11.6 Å². The second kappa shape index (κ2) is 4.71. The summed E-state index contributed by atoms with van der Waals surface area (Å²) in [6.07, 6.45) is 0.885. The van der Waals surface area contributed by atoms with Crippen LogP contribution in [0.25, 0.3) is 11.1 Å². The van der Waals surface area contributed by atoms with E-state index < -0.39 is 0 Å². The van der Waals surface area contributed by atoms with E-state index in [0.717, 1.165) is 29.8 Å². The first-order valence-electron chi connectivity index (χ1n) is 6.33. The topological polar surface area (TPSA) is 20.3 Å². The van der Waals surface area contributed by atoms with Gasteiger partial charge in [-0.05, 0) is 35.2 Å². The van der Waals surface area contributed by atoms with Crippen LogP contribution in [0.1, 0.15) is 12.5 Å². The minimum absolute atomic E-state index is 0.0695. The number of nitrogens with zero attached hydrogens (tertiary/aromatic N) is 1. The van der Waals surface area contributed by atoms with Crippen LogP contribution in [0.3, 0.4) is 0 Å². The summed E-state index contributed by atoms with van der Waals surface area (Å²) in [5.41, 5.74) is 4.45. The summed E-state index contributed by atoms with van der Waals surface area (Å²) < 4.78 is 0. The van der Waals surface area contributed by atoms with Gasteiger partial charge in [0, 0.05) is 24.2 Å². The number of hydrogen-bond acceptors (Lipinski definition) is 1. The SMILES string of the molecule is CC(=O)N1CCc2c(-c3ccccc3)cc(Cl)cc21. The number of carbonyl (C=O) groups is 1. The lowest BCUT2D eigenvalue weighted by molar-refractivity contribution is -0.116. The van der Waals surface area contributed by atoms with Crippen molar-refractivity contribution in [3.8, 4) is 11.1 Å². The third kappa shape index (κ3) is 2.13. The Labute approximate surface area is 117 Å². The Bertz CT molecular complexity index is 637. The maximum atomic E-state index is 11.7. The van der Waals surface area contributed by atoms with Crippen molar-refractivity contribution in [3.63, 3.8) is 0 Å². The second-order valence-corrected chi connectivity index (χ2v) is 5.17. The van der Waals surface area contributed by atoms with E-state index in [1.54, 1.807) is 11.8 Å². The van der Waals surface area contributed by atoms with Gasteiger partial charge in [-0.1, -0.05) is 41.9 Å². The molecular weight excluding hydrogens is 258 g/mol. The van der Waals surface area contributed by atoms with Gasteiger partial charge >= 0.3 is 0 Å². The smallest absolute Gasteiger partial charge is 0.223 e. The molecular formula is C16H14ClNO. The molecule has 0 bridgehead atoms. The summed E-state index contributed by atoms with van der Waals surface area (Å²) in [5, 5.41) is 0.672. The van der Waals surface area contributed by atoms with Gasteiger partial charge in [-0.2, -0.15) is 0 Å². The van der Waals surface area contributed by atoms with Gasteiger partial charge in [-0.25, -0.2) is 0 Å². The molecule has 3 heteroatoms. The summed E-state index contributed by atoms with van der Waals surface area (Å²) in [6, 6.07) is 14.0. The van der Waals surface area contributed by atoms with Crippen molar-refractivity contribution in [2.24, 2.45) is 0 Å². The van der Waals surface area contributed by atoms with Gasteiger partial charge in [0.1, 0.15) is 0 Å². The maximum absolute atomic E-state index is 11.7. The Morgan fingerprint density at radius 3 is 2.63 bits per heavy atom. The first-order valence-corrected chi connectivity index (χ1v) is 6.70. The number of benzene rings is 2. The number of halogens is 1. The highest BCUT2D eigenvalue weighted by molar-refractivity contribution is 6.31. The van der Waals surface area contributed by atoms with Gasteiger partial charge in [0.15, 0.2) is 0 Å². The van der Waals surface area contributed by atoms with Gasteiger partial charge in [0.2, 0.25) is 5.91 Å². The van der Waals surface area contributed by atoms with E-state index in [9.17, 15) is 4.79 Å². The number of anilines is 1. The molecule has 19 heavy (non-hydrogen) atoms.